The monoisotopic (exact) mass is 244 g/mol. The van der Waals surface area contributed by atoms with E-state index in [-0.39, 0.29) is 12.6 Å². The molecule has 0 bridgehead atoms. The largest absolute Gasteiger partial charge is 0.466 e. The summed E-state index contributed by atoms with van der Waals surface area (Å²) in [6.07, 6.45) is 0.823. The molecule has 1 aromatic carbocycles. The number of benzene rings is 1. The van der Waals surface area contributed by atoms with Gasteiger partial charge in [-0.3, -0.25) is 4.79 Å². The van der Waals surface area contributed by atoms with Crippen molar-refractivity contribution in [3.05, 3.63) is 35.4 Å². The van der Waals surface area contributed by atoms with E-state index in [9.17, 15) is 4.79 Å². The van der Waals surface area contributed by atoms with Crippen molar-refractivity contribution in [3.8, 4) is 0 Å². The van der Waals surface area contributed by atoms with E-state index >= 15 is 0 Å². The van der Waals surface area contributed by atoms with Crippen LogP contribution >= 0.6 is 11.6 Å². The number of aliphatic hydroxyl groups is 1. The Labute approximate surface area is 101 Å². The first-order valence-electron chi connectivity index (χ1n) is 5.17. The summed E-state index contributed by atoms with van der Waals surface area (Å²) in [5.41, 5.74) is 0. The van der Waals surface area contributed by atoms with Crippen LogP contribution in [0.1, 0.15) is 19.8 Å². The van der Waals surface area contributed by atoms with E-state index < -0.39 is 0 Å². The van der Waals surface area contributed by atoms with Crippen LogP contribution in [0.2, 0.25) is 5.02 Å². The van der Waals surface area contributed by atoms with Crippen LogP contribution in [-0.4, -0.2) is 24.3 Å². The Hall–Kier alpha value is -1.06. The van der Waals surface area contributed by atoms with Crippen LogP contribution < -0.4 is 0 Å². The van der Waals surface area contributed by atoms with Gasteiger partial charge < -0.3 is 9.84 Å². The predicted octanol–water partition coefficient (Wildman–Crippen LogP) is 2.66. The van der Waals surface area contributed by atoms with Gasteiger partial charge >= 0.3 is 5.97 Å². The second-order valence-corrected chi connectivity index (χ2v) is 3.36. The maximum Gasteiger partial charge on any atom is 0.305 e. The number of hydrogen-bond acceptors (Lipinski definition) is 3. The summed E-state index contributed by atoms with van der Waals surface area (Å²) in [6, 6.07) is 9.44. The molecule has 4 heteroatoms. The molecule has 0 unspecified atom stereocenters. The Balaban J connectivity index is 0.000000288. The molecule has 1 N–H and O–H groups in total. The van der Waals surface area contributed by atoms with Gasteiger partial charge in [0, 0.05) is 18.1 Å². The lowest BCUT2D eigenvalue weighted by molar-refractivity contribution is -0.143. The van der Waals surface area contributed by atoms with Crippen LogP contribution in [0.4, 0.5) is 0 Å². The van der Waals surface area contributed by atoms with E-state index in [1.54, 1.807) is 6.92 Å². The van der Waals surface area contributed by atoms with Gasteiger partial charge in [-0.2, -0.15) is 0 Å². The Bertz CT molecular complexity index is 275. The van der Waals surface area contributed by atoms with Crippen molar-refractivity contribution in [3.63, 3.8) is 0 Å². The first kappa shape index (κ1) is 14.9. The first-order chi connectivity index (χ1) is 7.70. The quantitative estimate of drug-likeness (QED) is 0.829. The second-order valence-electron chi connectivity index (χ2n) is 2.93. The average molecular weight is 245 g/mol. The fraction of sp³-hybridized carbons (Fsp3) is 0.417. The number of hydrogen-bond donors (Lipinski definition) is 1. The van der Waals surface area contributed by atoms with Crippen LogP contribution in [0.3, 0.4) is 0 Å². The normalized spacial score (nSPS) is 8.94. The van der Waals surface area contributed by atoms with Crippen molar-refractivity contribution in [2.24, 2.45) is 0 Å². The molecule has 3 nitrogen and oxygen atoms in total. The lowest BCUT2D eigenvalue weighted by Crippen LogP contribution is -2.03. The van der Waals surface area contributed by atoms with Crippen molar-refractivity contribution in [2.75, 3.05) is 13.2 Å². The number of aliphatic hydroxyl groups excluding tert-OH is 1. The molecule has 0 spiro atoms. The molecular formula is C12H17ClO3. The minimum absolute atomic E-state index is 0.0544. The van der Waals surface area contributed by atoms with Gasteiger partial charge in [-0.25, -0.2) is 0 Å². The molecule has 16 heavy (non-hydrogen) atoms. The van der Waals surface area contributed by atoms with Crippen molar-refractivity contribution in [2.45, 2.75) is 19.8 Å². The Morgan fingerprint density at radius 1 is 1.38 bits per heavy atom. The molecule has 0 radical (unpaired) electrons. The average Bonchev–Trinajstić information content (AvgIpc) is 2.29. The SMILES string of the molecule is CCOC(=O)CCCO.Clc1ccccc1. The van der Waals surface area contributed by atoms with Gasteiger partial charge in [0.05, 0.1) is 6.61 Å². The maximum absolute atomic E-state index is 10.5. The molecule has 90 valence electrons. The predicted molar refractivity (Wildman–Crippen MR) is 64.4 cm³/mol. The highest BCUT2D eigenvalue weighted by molar-refractivity contribution is 6.30. The zero-order valence-corrected chi connectivity index (χ0v) is 10.1. The third-order valence-corrected chi connectivity index (χ3v) is 1.83. The van der Waals surface area contributed by atoms with Gasteiger partial charge in [-0.05, 0) is 25.5 Å². The minimum Gasteiger partial charge on any atom is -0.466 e. The second kappa shape index (κ2) is 10.5. The number of carbonyl (C=O) groups is 1. The van der Waals surface area contributed by atoms with Crippen molar-refractivity contribution >= 4 is 17.6 Å². The molecule has 0 fully saturated rings. The van der Waals surface area contributed by atoms with E-state index in [4.69, 9.17) is 16.7 Å². The number of halogens is 1. The standard InChI is InChI=1S/C6H5Cl.C6H12O3/c7-6-4-2-1-3-5-6;1-2-9-6(8)4-3-5-7/h1-5H;7H,2-5H2,1H3. The lowest BCUT2D eigenvalue weighted by atomic mass is 10.3. The summed E-state index contributed by atoms with van der Waals surface area (Å²) in [5.74, 6) is -0.230. The summed E-state index contributed by atoms with van der Waals surface area (Å²) >= 11 is 5.54. The van der Waals surface area contributed by atoms with E-state index in [2.05, 4.69) is 4.74 Å². The minimum atomic E-state index is -0.230. The van der Waals surface area contributed by atoms with Gasteiger partial charge in [0.1, 0.15) is 0 Å². The van der Waals surface area contributed by atoms with Crippen LogP contribution in [0.15, 0.2) is 30.3 Å². The number of carbonyl (C=O) groups excluding carboxylic acids is 1. The van der Waals surface area contributed by atoms with Crippen molar-refractivity contribution < 1.29 is 14.6 Å². The Morgan fingerprint density at radius 3 is 2.38 bits per heavy atom. The van der Waals surface area contributed by atoms with Crippen molar-refractivity contribution in [1.82, 2.24) is 0 Å². The smallest absolute Gasteiger partial charge is 0.305 e. The zero-order chi connectivity index (χ0) is 12.2. The highest BCUT2D eigenvalue weighted by Gasteiger charge is 1.97. The number of ether oxygens (including phenoxy) is 1. The molecule has 0 aliphatic carbocycles. The Kier molecular flexibility index (Phi) is 9.76. The number of esters is 1. The van der Waals surface area contributed by atoms with Crippen LogP contribution in [0, 0.1) is 0 Å². The van der Waals surface area contributed by atoms with Crippen LogP contribution in [0.5, 0.6) is 0 Å². The molecule has 0 aliphatic rings. The topological polar surface area (TPSA) is 46.5 Å². The lowest BCUT2D eigenvalue weighted by Gasteiger charge is -1.97. The van der Waals surface area contributed by atoms with Gasteiger partial charge in [0.25, 0.3) is 0 Å². The third-order valence-electron chi connectivity index (χ3n) is 1.58. The molecule has 0 aliphatic heterocycles. The van der Waals surface area contributed by atoms with E-state index in [1.807, 2.05) is 30.3 Å². The fourth-order valence-corrected chi connectivity index (χ4v) is 1.02. The maximum atomic E-state index is 10.5. The van der Waals surface area contributed by atoms with E-state index in [0.717, 1.165) is 5.02 Å². The molecule has 0 saturated heterocycles. The molecule has 0 aromatic heterocycles. The molecule has 0 atom stereocenters. The molecule has 0 saturated carbocycles. The highest BCUT2D eigenvalue weighted by Crippen LogP contribution is 2.03. The summed E-state index contributed by atoms with van der Waals surface area (Å²) in [6.45, 7) is 2.24. The van der Waals surface area contributed by atoms with Gasteiger partial charge in [-0.15, -0.1) is 0 Å². The zero-order valence-electron chi connectivity index (χ0n) is 9.36. The van der Waals surface area contributed by atoms with Crippen LogP contribution in [-0.2, 0) is 9.53 Å². The van der Waals surface area contributed by atoms with Gasteiger partial charge in [0.2, 0.25) is 0 Å². The molecule has 0 heterocycles. The summed E-state index contributed by atoms with van der Waals surface area (Å²) < 4.78 is 4.59. The fourth-order valence-electron chi connectivity index (χ4n) is 0.871. The molecular weight excluding hydrogens is 228 g/mol. The Morgan fingerprint density at radius 2 is 2.00 bits per heavy atom. The van der Waals surface area contributed by atoms with E-state index in [1.165, 1.54) is 0 Å². The van der Waals surface area contributed by atoms with Gasteiger partial charge in [0.15, 0.2) is 0 Å². The third kappa shape index (κ3) is 9.49. The number of rotatable bonds is 4. The summed E-state index contributed by atoms with van der Waals surface area (Å²) in [5, 5.41) is 9.07. The van der Waals surface area contributed by atoms with Crippen LogP contribution in [0.25, 0.3) is 0 Å². The highest BCUT2D eigenvalue weighted by atomic mass is 35.5. The molecule has 1 aromatic rings. The molecule has 0 amide bonds. The first-order valence-corrected chi connectivity index (χ1v) is 5.55. The van der Waals surface area contributed by atoms with Crippen molar-refractivity contribution in [1.29, 1.82) is 0 Å². The summed E-state index contributed by atoms with van der Waals surface area (Å²) in [7, 11) is 0. The van der Waals surface area contributed by atoms with E-state index in [0.29, 0.717) is 19.4 Å². The van der Waals surface area contributed by atoms with Gasteiger partial charge in [-0.1, -0.05) is 29.8 Å². The molecule has 1 rings (SSSR count). The summed E-state index contributed by atoms with van der Waals surface area (Å²) in [4.78, 5) is 10.5.